The zero-order chi connectivity index (χ0) is 29.1. The van der Waals surface area contributed by atoms with Crippen LogP contribution in [0.2, 0.25) is 5.02 Å². The maximum absolute atomic E-state index is 14.2. The van der Waals surface area contributed by atoms with E-state index in [0.29, 0.717) is 29.0 Å². The first-order valence-corrected chi connectivity index (χ1v) is 12.3. The first-order chi connectivity index (χ1) is 19.5. The summed E-state index contributed by atoms with van der Waals surface area (Å²) in [6.07, 6.45) is 1.46. The number of carbonyl (C=O) groups excluding carboxylic acids is 2. The molecule has 0 saturated heterocycles. The van der Waals surface area contributed by atoms with Crippen LogP contribution in [0.1, 0.15) is 43.4 Å². The summed E-state index contributed by atoms with van der Waals surface area (Å²) in [7, 11) is 0. The summed E-state index contributed by atoms with van der Waals surface area (Å²) in [5.74, 6) is -3.11. The van der Waals surface area contributed by atoms with Crippen molar-refractivity contribution in [3.63, 3.8) is 0 Å². The largest absolute Gasteiger partial charge is 0.416 e. The van der Waals surface area contributed by atoms with Gasteiger partial charge < -0.3 is 10.6 Å². The van der Waals surface area contributed by atoms with Crippen molar-refractivity contribution < 1.29 is 31.5 Å². The van der Waals surface area contributed by atoms with Crippen molar-refractivity contribution >= 4 is 34.9 Å². The number of nitrogens with zero attached hydrogens (tertiary/aromatic N) is 3. The fraction of sp³-hybridized carbons (Fsp3) is 0.0714. The first kappa shape index (κ1) is 26.4. The molecule has 0 unspecified atom stereocenters. The Labute approximate surface area is 232 Å². The Hall–Kier alpha value is -4.84. The number of halogens is 6. The summed E-state index contributed by atoms with van der Waals surface area (Å²) >= 11 is 6.32. The van der Waals surface area contributed by atoms with Gasteiger partial charge in [0.25, 0.3) is 11.8 Å². The quantitative estimate of drug-likeness (QED) is 0.239. The molecule has 1 atom stereocenters. The van der Waals surface area contributed by atoms with Crippen molar-refractivity contribution in [2.75, 3.05) is 5.32 Å². The van der Waals surface area contributed by atoms with E-state index in [-0.39, 0.29) is 33.5 Å². The molecule has 206 valence electrons. The zero-order valence-corrected chi connectivity index (χ0v) is 21.2. The van der Waals surface area contributed by atoms with E-state index < -0.39 is 46.8 Å². The molecular formula is C28H15ClF5N5O2. The van der Waals surface area contributed by atoms with Crippen molar-refractivity contribution in [1.82, 2.24) is 19.7 Å². The number of nitrogens with one attached hydrogen (secondary N) is 2. The smallest absolute Gasteiger partial charge is 0.341 e. The number of alkyl halides is 3. The summed E-state index contributed by atoms with van der Waals surface area (Å²) in [6, 6.07) is 7.03. The standard InChI is InChI=1S/C28H15ClF5N5O2/c29-21-2-1-17(30)10-19(21)24-23-20(26(41)38-24)7-13(15-11-36-27-35-3-4-39(27)12-15)8-22(23)37-25(40)14-5-16(28(32,33)34)9-18(31)6-14/h1-12,24H,(H,37,40)(H,38,41)/t24-/m0/s1. The van der Waals surface area contributed by atoms with E-state index in [0.717, 1.165) is 12.1 Å². The van der Waals surface area contributed by atoms with Gasteiger partial charge in [-0.25, -0.2) is 18.7 Å². The highest BCUT2D eigenvalue weighted by Crippen LogP contribution is 2.42. The molecule has 3 aromatic carbocycles. The van der Waals surface area contributed by atoms with Crippen LogP contribution >= 0.6 is 11.6 Å². The average molecular weight is 584 g/mol. The molecule has 5 aromatic rings. The number of amides is 2. The van der Waals surface area contributed by atoms with E-state index in [9.17, 15) is 31.5 Å². The molecule has 1 aliphatic rings. The Balaban J connectivity index is 1.51. The van der Waals surface area contributed by atoms with E-state index in [4.69, 9.17) is 11.6 Å². The normalized spacial score (nSPS) is 14.7. The van der Waals surface area contributed by atoms with Gasteiger partial charge in [-0.2, -0.15) is 13.2 Å². The molecule has 3 heterocycles. The van der Waals surface area contributed by atoms with Gasteiger partial charge in [0.15, 0.2) is 0 Å². The lowest BCUT2D eigenvalue weighted by molar-refractivity contribution is -0.137. The second-order valence-electron chi connectivity index (χ2n) is 9.21. The number of fused-ring (bicyclic) bond motifs is 2. The number of imidazole rings is 1. The van der Waals surface area contributed by atoms with E-state index in [2.05, 4.69) is 20.6 Å². The summed E-state index contributed by atoms with van der Waals surface area (Å²) in [4.78, 5) is 34.7. The van der Waals surface area contributed by atoms with Crippen molar-refractivity contribution in [1.29, 1.82) is 0 Å². The zero-order valence-electron chi connectivity index (χ0n) is 20.4. The second-order valence-corrected chi connectivity index (χ2v) is 9.62. The van der Waals surface area contributed by atoms with Crippen LogP contribution in [0.15, 0.2) is 73.3 Å². The number of hydrogen-bond acceptors (Lipinski definition) is 4. The highest BCUT2D eigenvalue weighted by Gasteiger charge is 2.36. The SMILES string of the molecule is O=C(Nc1cc(-c2cnc3nccn3c2)cc2c1[C@H](c1cc(F)ccc1Cl)NC2=O)c1cc(F)cc(C(F)(F)F)c1. The van der Waals surface area contributed by atoms with Gasteiger partial charge in [0, 0.05) is 63.3 Å². The van der Waals surface area contributed by atoms with E-state index >= 15 is 0 Å². The first-order valence-electron chi connectivity index (χ1n) is 11.9. The fourth-order valence-corrected chi connectivity index (χ4v) is 4.94. The Morgan fingerprint density at radius 1 is 1.00 bits per heavy atom. The van der Waals surface area contributed by atoms with Crippen LogP contribution in [-0.4, -0.2) is 26.2 Å². The molecule has 41 heavy (non-hydrogen) atoms. The Morgan fingerprint density at radius 3 is 2.59 bits per heavy atom. The lowest BCUT2D eigenvalue weighted by Gasteiger charge is -2.19. The van der Waals surface area contributed by atoms with Crippen molar-refractivity contribution in [2.45, 2.75) is 12.2 Å². The minimum Gasteiger partial charge on any atom is -0.341 e. The van der Waals surface area contributed by atoms with Gasteiger partial charge in [-0.1, -0.05) is 11.6 Å². The predicted octanol–water partition coefficient (Wildman–Crippen LogP) is 6.43. The van der Waals surface area contributed by atoms with Crippen LogP contribution in [0.25, 0.3) is 16.9 Å². The molecule has 7 nitrogen and oxygen atoms in total. The molecule has 0 radical (unpaired) electrons. The molecule has 6 rings (SSSR count). The molecule has 0 aliphatic carbocycles. The van der Waals surface area contributed by atoms with Crippen LogP contribution in [0.3, 0.4) is 0 Å². The van der Waals surface area contributed by atoms with Crippen LogP contribution in [0.4, 0.5) is 27.6 Å². The molecule has 0 spiro atoms. The Kier molecular flexibility index (Phi) is 6.22. The number of anilines is 1. The number of rotatable bonds is 4. The number of aromatic nitrogens is 3. The lowest BCUT2D eigenvalue weighted by Crippen LogP contribution is -2.21. The van der Waals surface area contributed by atoms with Crippen LogP contribution in [-0.2, 0) is 6.18 Å². The molecule has 0 saturated carbocycles. The molecule has 0 bridgehead atoms. The highest BCUT2D eigenvalue weighted by atomic mass is 35.5. The van der Waals surface area contributed by atoms with Crippen molar-refractivity contribution in [3.8, 4) is 11.1 Å². The second kappa shape index (κ2) is 9.66. The fourth-order valence-electron chi connectivity index (χ4n) is 4.72. The van der Waals surface area contributed by atoms with Gasteiger partial charge in [0.1, 0.15) is 11.6 Å². The summed E-state index contributed by atoms with van der Waals surface area (Å²) in [6.45, 7) is 0. The third kappa shape index (κ3) is 4.86. The third-order valence-corrected chi connectivity index (χ3v) is 6.92. The van der Waals surface area contributed by atoms with Crippen LogP contribution in [0, 0.1) is 11.6 Å². The highest BCUT2D eigenvalue weighted by molar-refractivity contribution is 6.31. The summed E-state index contributed by atoms with van der Waals surface area (Å²) in [5, 5.41) is 5.36. The van der Waals surface area contributed by atoms with E-state index in [1.54, 1.807) is 16.8 Å². The van der Waals surface area contributed by atoms with Crippen LogP contribution in [0.5, 0.6) is 0 Å². The minimum atomic E-state index is -4.90. The van der Waals surface area contributed by atoms with Gasteiger partial charge in [0.2, 0.25) is 5.78 Å². The van der Waals surface area contributed by atoms with Gasteiger partial charge in [0.05, 0.1) is 11.6 Å². The number of carbonyl (C=O) groups is 2. The monoisotopic (exact) mass is 583 g/mol. The maximum Gasteiger partial charge on any atom is 0.416 e. The van der Waals surface area contributed by atoms with Crippen molar-refractivity contribution in [3.05, 3.63) is 118 Å². The molecule has 2 N–H and O–H groups in total. The van der Waals surface area contributed by atoms with Gasteiger partial charge in [-0.3, -0.25) is 14.0 Å². The maximum atomic E-state index is 14.2. The van der Waals surface area contributed by atoms with Gasteiger partial charge in [-0.05, 0) is 54.1 Å². The van der Waals surface area contributed by atoms with E-state index in [1.165, 1.54) is 30.6 Å². The Morgan fingerprint density at radius 2 is 1.80 bits per heavy atom. The molecule has 2 aromatic heterocycles. The Bertz CT molecular complexity index is 1890. The van der Waals surface area contributed by atoms with Gasteiger partial charge in [-0.15, -0.1) is 0 Å². The molecule has 1 aliphatic heterocycles. The molecule has 2 amide bonds. The molecular weight excluding hydrogens is 569 g/mol. The third-order valence-electron chi connectivity index (χ3n) is 6.57. The topological polar surface area (TPSA) is 88.4 Å². The van der Waals surface area contributed by atoms with Gasteiger partial charge >= 0.3 is 6.18 Å². The predicted molar refractivity (Wildman–Crippen MR) is 138 cm³/mol. The summed E-state index contributed by atoms with van der Waals surface area (Å²) in [5.41, 5.74) is -0.521. The average Bonchev–Trinajstić information content (AvgIpc) is 3.53. The molecule has 13 heteroatoms. The number of hydrogen-bond donors (Lipinski definition) is 2. The van der Waals surface area contributed by atoms with Crippen molar-refractivity contribution in [2.24, 2.45) is 0 Å². The molecule has 0 fully saturated rings. The summed E-state index contributed by atoms with van der Waals surface area (Å²) < 4.78 is 69.8. The number of benzene rings is 3. The minimum absolute atomic E-state index is 0.00901. The lowest BCUT2D eigenvalue weighted by atomic mass is 9.93. The van der Waals surface area contributed by atoms with Crippen LogP contribution < -0.4 is 10.6 Å². The van der Waals surface area contributed by atoms with E-state index in [1.807, 2.05) is 0 Å².